The zero-order valence-electron chi connectivity index (χ0n) is 9.48. The van der Waals surface area contributed by atoms with E-state index in [1.807, 2.05) is 0 Å². The van der Waals surface area contributed by atoms with Crippen LogP contribution in [0.15, 0.2) is 22.7 Å². The topological polar surface area (TPSA) is 74.2 Å². The van der Waals surface area contributed by atoms with Crippen LogP contribution in [-0.2, 0) is 0 Å². The lowest BCUT2D eigenvalue weighted by molar-refractivity contribution is 0.408. The van der Waals surface area contributed by atoms with E-state index in [2.05, 4.69) is 10.1 Å². The normalized spacial score (nSPS) is 12.5. The highest BCUT2D eigenvalue weighted by atomic mass is 19.1. The van der Waals surface area contributed by atoms with Crippen molar-refractivity contribution in [3.63, 3.8) is 0 Å². The van der Waals surface area contributed by atoms with E-state index >= 15 is 0 Å². The number of nitrogens with zero attached hydrogens (tertiary/aromatic N) is 2. The van der Waals surface area contributed by atoms with Crippen LogP contribution in [-0.4, -0.2) is 17.3 Å². The van der Waals surface area contributed by atoms with Gasteiger partial charge in [0.25, 0.3) is 5.89 Å². The van der Waals surface area contributed by atoms with Gasteiger partial charge in [-0.3, -0.25) is 0 Å². The van der Waals surface area contributed by atoms with E-state index < -0.39 is 5.82 Å². The van der Waals surface area contributed by atoms with E-state index in [0.29, 0.717) is 11.6 Å². The number of rotatable bonds is 3. The molecule has 2 rings (SSSR count). The molecule has 0 aliphatic heterocycles. The van der Waals surface area contributed by atoms with Gasteiger partial charge >= 0.3 is 0 Å². The number of hydrogen-bond donors (Lipinski definition) is 1. The molecule has 0 spiro atoms. The zero-order chi connectivity index (χ0) is 12.4. The van der Waals surface area contributed by atoms with Gasteiger partial charge in [0.2, 0.25) is 0 Å². The Hall–Kier alpha value is -1.95. The molecule has 6 heteroatoms. The van der Waals surface area contributed by atoms with Gasteiger partial charge in [-0.15, -0.1) is 0 Å². The predicted molar refractivity (Wildman–Crippen MR) is 58.8 cm³/mol. The molecule has 0 bridgehead atoms. The molecule has 0 aliphatic carbocycles. The zero-order valence-corrected chi connectivity index (χ0v) is 9.48. The fourth-order valence-electron chi connectivity index (χ4n) is 1.33. The summed E-state index contributed by atoms with van der Waals surface area (Å²) in [5.41, 5.74) is 5.82. The molecule has 0 saturated heterocycles. The molecule has 17 heavy (non-hydrogen) atoms. The van der Waals surface area contributed by atoms with Crippen molar-refractivity contribution in [3.05, 3.63) is 29.8 Å². The third-order valence-corrected chi connectivity index (χ3v) is 2.26. The Kier molecular flexibility index (Phi) is 3.06. The summed E-state index contributed by atoms with van der Waals surface area (Å²) in [4.78, 5) is 4.01. The lowest BCUT2D eigenvalue weighted by Crippen LogP contribution is -2.06. The highest BCUT2D eigenvalue weighted by Crippen LogP contribution is 2.25. The van der Waals surface area contributed by atoms with Gasteiger partial charge in [0.15, 0.2) is 5.82 Å². The monoisotopic (exact) mass is 237 g/mol. The van der Waals surface area contributed by atoms with Crippen molar-refractivity contribution in [1.29, 1.82) is 0 Å². The molecule has 0 aliphatic rings. The van der Waals surface area contributed by atoms with Gasteiger partial charge < -0.3 is 15.0 Å². The van der Waals surface area contributed by atoms with Crippen LogP contribution in [0.25, 0.3) is 11.5 Å². The number of halogens is 1. The Balaban J connectivity index is 2.38. The van der Waals surface area contributed by atoms with E-state index in [1.54, 1.807) is 13.0 Å². The van der Waals surface area contributed by atoms with E-state index in [4.69, 9.17) is 15.0 Å². The van der Waals surface area contributed by atoms with Gasteiger partial charge in [0.05, 0.1) is 18.7 Å². The average molecular weight is 237 g/mol. The molecule has 0 saturated carbocycles. The number of ether oxygens (including phenoxy) is 1. The summed E-state index contributed by atoms with van der Waals surface area (Å²) in [5.74, 6) is 0.398. The highest BCUT2D eigenvalue weighted by Gasteiger charge is 2.15. The van der Waals surface area contributed by atoms with Crippen molar-refractivity contribution in [2.24, 2.45) is 5.73 Å². The smallest absolute Gasteiger partial charge is 0.260 e. The second-order valence-corrected chi connectivity index (χ2v) is 3.59. The minimum absolute atomic E-state index is 0.109. The Bertz CT molecular complexity index is 525. The molecule has 1 heterocycles. The lowest BCUT2D eigenvalue weighted by Gasteiger charge is -2.01. The maximum Gasteiger partial charge on any atom is 0.260 e. The fraction of sp³-hybridized carbons (Fsp3) is 0.273. The van der Waals surface area contributed by atoms with Crippen molar-refractivity contribution in [1.82, 2.24) is 10.1 Å². The van der Waals surface area contributed by atoms with E-state index in [-0.39, 0.29) is 17.5 Å². The van der Waals surface area contributed by atoms with Crippen molar-refractivity contribution >= 4 is 0 Å². The average Bonchev–Trinajstić information content (AvgIpc) is 2.78. The first-order valence-corrected chi connectivity index (χ1v) is 5.05. The molecule has 2 N–H and O–H groups in total. The molecule has 1 atom stereocenters. The minimum atomic E-state index is -0.482. The van der Waals surface area contributed by atoms with Crippen LogP contribution in [0.4, 0.5) is 4.39 Å². The van der Waals surface area contributed by atoms with Gasteiger partial charge in [-0.25, -0.2) is 4.39 Å². The molecular weight excluding hydrogens is 225 g/mol. The van der Waals surface area contributed by atoms with Gasteiger partial charge in [-0.1, -0.05) is 5.16 Å². The summed E-state index contributed by atoms with van der Waals surface area (Å²) in [6, 6.07) is 4.04. The molecule has 0 radical (unpaired) electrons. The number of nitrogens with two attached hydrogens (primary N) is 1. The van der Waals surface area contributed by atoms with Crippen molar-refractivity contribution < 1.29 is 13.7 Å². The fourth-order valence-corrected chi connectivity index (χ4v) is 1.33. The lowest BCUT2D eigenvalue weighted by atomic mass is 10.2. The summed E-state index contributed by atoms with van der Waals surface area (Å²) in [7, 11) is 1.47. The van der Waals surface area contributed by atoms with Gasteiger partial charge in [0.1, 0.15) is 11.6 Å². The molecule has 2 aromatic rings. The quantitative estimate of drug-likeness (QED) is 0.882. The number of hydrogen-bond acceptors (Lipinski definition) is 5. The SMILES string of the molecule is COc1ccc(-c2nc(C(C)N)no2)c(F)c1. The van der Waals surface area contributed by atoms with Gasteiger partial charge in [0, 0.05) is 6.07 Å². The molecule has 1 unspecified atom stereocenters. The first-order chi connectivity index (χ1) is 8.11. The van der Waals surface area contributed by atoms with E-state index in [1.165, 1.54) is 19.2 Å². The maximum atomic E-state index is 13.7. The first kappa shape index (κ1) is 11.5. The maximum absolute atomic E-state index is 13.7. The molecular formula is C11H12FN3O2. The predicted octanol–water partition coefficient (Wildman–Crippen LogP) is 1.90. The Morgan fingerprint density at radius 1 is 1.47 bits per heavy atom. The number of benzene rings is 1. The number of aromatic nitrogens is 2. The number of methoxy groups -OCH3 is 1. The van der Waals surface area contributed by atoms with Crippen LogP contribution in [0.5, 0.6) is 5.75 Å². The largest absolute Gasteiger partial charge is 0.497 e. The van der Waals surface area contributed by atoms with Crippen LogP contribution < -0.4 is 10.5 Å². The van der Waals surface area contributed by atoms with Crippen LogP contribution in [0.3, 0.4) is 0 Å². The third-order valence-electron chi connectivity index (χ3n) is 2.26. The van der Waals surface area contributed by atoms with Gasteiger partial charge in [-0.05, 0) is 19.1 Å². The van der Waals surface area contributed by atoms with Crippen molar-refractivity contribution in [3.8, 4) is 17.2 Å². The Morgan fingerprint density at radius 2 is 2.24 bits per heavy atom. The second kappa shape index (κ2) is 4.50. The van der Waals surface area contributed by atoms with Crippen LogP contribution >= 0.6 is 0 Å². The summed E-state index contributed by atoms with van der Waals surface area (Å²) >= 11 is 0. The summed E-state index contributed by atoms with van der Waals surface area (Å²) in [5, 5.41) is 3.67. The Labute approximate surface area is 97.4 Å². The molecule has 1 aromatic carbocycles. The van der Waals surface area contributed by atoms with Gasteiger partial charge in [-0.2, -0.15) is 4.98 Å². The third kappa shape index (κ3) is 2.26. The Morgan fingerprint density at radius 3 is 2.76 bits per heavy atom. The molecule has 0 amide bonds. The van der Waals surface area contributed by atoms with Crippen molar-refractivity contribution in [2.75, 3.05) is 7.11 Å². The van der Waals surface area contributed by atoms with E-state index in [0.717, 1.165) is 0 Å². The van der Waals surface area contributed by atoms with Crippen LogP contribution in [0.2, 0.25) is 0 Å². The van der Waals surface area contributed by atoms with Crippen LogP contribution in [0, 0.1) is 5.82 Å². The summed E-state index contributed by atoms with van der Waals surface area (Å²) in [6.45, 7) is 1.72. The minimum Gasteiger partial charge on any atom is -0.497 e. The first-order valence-electron chi connectivity index (χ1n) is 5.05. The van der Waals surface area contributed by atoms with Crippen LogP contribution in [0.1, 0.15) is 18.8 Å². The standard InChI is InChI=1S/C11H12FN3O2/c1-6(13)10-14-11(17-15-10)8-4-3-7(16-2)5-9(8)12/h3-6H,13H2,1-2H3. The molecule has 90 valence electrons. The molecule has 1 aromatic heterocycles. The molecule has 0 fully saturated rings. The summed E-state index contributed by atoms with van der Waals surface area (Å²) in [6.07, 6.45) is 0. The van der Waals surface area contributed by atoms with E-state index in [9.17, 15) is 4.39 Å². The molecule has 5 nitrogen and oxygen atoms in total. The van der Waals surface area contributed by atoms with Crippen molar-refractivity contribution in [2.45, 2.75) is 13.0 Å². The highest BCUT2D eigenvalue weighted by molar-refractivity contribution is 5.55. The second-order valence-electron chi connectivity index (χ2n) is 3.59. The summed E-state index contributed by atoms with van der Waals surface area (Å²) < 4.78 is 23.5.